The van der Waals surface area contributed by atoms with Gasteiger partial charge in [0, 0.05) is 17.7 Å². The molecule has 0 saturated carbocycles. The fraction of sp³-hybridized carbons (Fsp3) is 0.0833. The predicted molar refractivity (Wildman–Crippen MR) is 82.9 cm³/mol. The van der Waals surface area contributed by atoms with Gasteiger partial charge in [0.15, 0.2) is 0 Å². The molecule has 1 aromatic carbocycles. The molecule has 0 aliphatic heterocycles. The first-order valence-corrected chi connectivity index (χ1v) is 7.63. The number of thioether (sulfide) groups is 1. The first-order chi connectivity index (χ1) is 10.2. The molecular formula is C12H9N5O2S2. The Morgan fingerprint density at radius 1 is 1.62 bits per heavy atom. The monoisotopic (exact) mass is 319 g/mol. The molecule has 0 atom stereocenters. The van der Waals surface area contributed by atoms with Crippen LogP contribution in [0, 0.1) is 21.4 Å². The van der Waals surface area contributed by atoms with Crippen LogP contribution >= 0.6 is 23.3 Å². The second-order valence-corrected chi connectivity index (χ2v) is 5.30. The molecule has 1 heterocycles. The maximum absolute atomic E-state index is 10.7. The Balaban J connectivity index is 2.13. The number of anilines is 1. The fourth-order valence-corrected chi connectivity index (χ4v) is 2.89. The fourth-order valence-electron chi connectivity index (χ4n) is 1.47. The molecule has 2 aromatic rings. The zero-order valence-electron chi connectivity index (χ0n) is 10.8. The molecule has 0 bridgehead atoms. The van der Waals surface area contributed by atoms with E-state index < -0.39 is 4.92 Å². The summed E-state index contributed by atoms with van der Waals surface area (Å²) in [7, 11) is 0. The maximum Gasteiger partial charge on any atom is 0.270 e. The van der Waals surface area contributed by atoms with Gasteiger partial charge in [-0.05, 0) is 17.8 Å². The van der Waals surface area contributed by atoms with Crippen molar-refractivity contribution in [2.24, 2.45) is 5.10 Å². The number of rotatable bonds is 5. The highest BCUT2D eigenvalue weighted by Gasteiger charge is 2.11. The number of nitro groups is 1. The third-order valence-corrected chi connectivity index (χ3v) is 3.98. The molecule has 0 aliphatic rings. The molecule has 0 saturated heterocycles. The van der Waals surface area contributed by atoms with E-state index >= 15 is 0 Å². The van der Waals surface area contributed by atoms with E-state index in [0.717, 1.165) is 11.5 Å². The lowest BCUT2D eigenvalue weighted by Crippen LogP contribution is -1.92. The zero-order chi connectivity index (χ0) is 15.2. The van der Waals surface area contributed by atoms with Gasteiger partial charge in [0.25, 0.3) is 5.69 Å². The Bertz CT molecular complexity index is 735. The number of nitro benzene ring substituents is 1. The average Bonchev–Trinajstić information content (AvgIpc) is 2.89. The van der Waals surface area contributed by atoms with Crippen LogP contribution in [0.4, 0.5) is 10.7 Å². The van der Waals surface area contributed by atoms with E-state index in [0.29, 0.717) is 21.2 Å². The Hall–Kier alpha value is -2.44. The second-order valence-electron chi connectivity index (χ2n) is 3.73. The van der Waals surface area contributed by atoms with Crippen LogP contribution in [-0.4, -0.2) is 21.8 Å². The van der Waals surface area contributed by atoms with E-state index in [9.17, 15) is 10.1 Å². The van der Waals surface area contributed by atoms with E-state index in [1.54, 1.807) is 12.1 Å². The van der Waals surface area contributed by atoms with Crippen LogP contribution in [0.15, 0.2) is 34.4 Å². The van der Waals surface area contributed by atoms with Crippen molar-refractivity contribution in [3.8, 4) is 6.07 Å². The molecule has 0 amide bonds. The number of hydrogen-bond acceptors (Lipinski definition) is 8. The number of hydrogen-bond donors (Lipinski definition) is 1. The molecule has 0 aliphatic carbocycles. The Morgan fingerprint density at radius 2 is 2.43 bits per heavy atom. The number of nitrogens with zero attached hydrogens (tertiary/aromatic N) is 4. The number of hydrazone groups is 1. The molecule has 0 unspecified atom stereocenters. The lowest BCUT2D eigenvalue weighted by atomic mass is 10.2. The summed E-state index contributed by atoms with van der Waals surface area (Å²) in [4.78, 5) is 10.2. The average molecular weight is 319 g/mol. The summed E-state index contributed by atoms with van der Waals surface area (Å²) >= 11 is 2.53. The smallest absolute Gasteiger partial charge is 0.266 e. The van der Waals surface area contributed by atoms with Gasteiger partial charge >= 0.3 is 0 Å². The molecule has 1 N–H and O–H groups in total. The molecule has 7 nitrogen and oxygen atoms in total. The summed E-state index contributed by atoms with van der Waals surface area (Å²) in [5.74, 6) is 0. The predicted octanol–water partition coefficient (Wildman–Crippen LogP) is 3.09. The van der Waals surface area contributed by atoms with Gasteiger partial charge in [0.05, 0.1) is 11.1 Å². The van der Waals surface area contributed by atoms with Crippen molar-refractivity contribution >= 4 is 40.2 Å². The number of non-ortho nitro benzene ring substituents is 1. The zero-order valence-corrected chi connectivity index (χ0v) is 12.4. The van der Waals surface area contributed by atoms with E-state index in [2.05, 4.69) is 21.0 Å². The quantitative estimate of drug-likeness (QED) is 0.393. The number of aromatic nitrogens is 1. The van der Waals surface area contributed by atoms with Crippen molar-refractivity contribution in [2.45, 2.75) is 5.03 Å². The number of benzene rings is 1. The number of nitrogens with one attached hydrogen (secondary N) is 1. The molecule has 1 aromatic heterocycles. The molecule has 0 fully saturated rings. The second kappa shape index (κ2) is 6.83. The number of nitriles is 1. The topological polar surface area (TPSA) is 104 Å². The SMILES string of the molecule is CSc1nsc(N/N=C/c2cccc([N+](=O)[O-])c2)c1C#N. The third kappa shape index (κ3) is 3.56. The van der Waals surface area contributed by atoms with Crippen molar-refractivity contribution < 1.29 is 4.92 Å². The van der Waals surface area contributed by atoms with Gasteiger partial charge < -0.3 is 0 Å². The lowest BCUT2D eigenvalue weighted by Gasteiger charge is -1.96. The van der Waals surface area contributed by atoms with Crippen LogP contribution in [0.1, 0.15) is 11.1 Å². The molecular weight excluding hydrogens is 310 g/mol. The normalized spacial score (nSPS) is 10.5. The van der Waals surface area contributed by atoms with Gasteiger partial charge in [0.2, 0.25) is 0 Å². The van der Waals surface area contributed by atoms with E-state index in [1.807, 2.05) is 6.26 Å². The maximum atomic E-state index is 10.7. The van der Waals surface area contributed by atoms with Crippen LogP contribution in [0.2, 0.25) is 0 Å². The summed E-state index contributed by atoms with van der Waals surface area (Å²) in [6.45, 7) is 0. The van der Waals surface area contributed by atoms with Gasteiger partial charge in [-0.25, -0.2) is 0 Å². The van der Waals surface area contributed by atoms with E-state index in [4.69, 9.17) is 5.26 Å². The van der Waals surface area contributed by atoms with Crippen molar-refractivity contribution in [1.82, 2.24) is 4.37 Å². The van der Waals surface area contributed by atoms with Crippen molar-refractivity contribution in [3.63, 3.8) is 0 Å². The van der Waals surface area contributed by atoms with Gasteiger partial charge in [-0.15, -0.1) is 11.8 Å². The standard InChI is InChI=1S/C12H9N5O2S2/c1-20-12-10(6-13)11(21-16-12)15-14-7-8-3-2-4-9(5-8)17(18)19/h2-5,7,15H,1H3/b14-7+. The van der Waals surface area contributed by atoms with E-state index in [1.165, 1.54) is 30.1 Å². The first-order valence-electron chi connectivity index (χ1n) is 5.63. The molecule has 0 spiro atoms. The highest BCUT2D eigenvalue weighted by Crippen LogP contribution is 2.29. The van der Waals surface area contributed by atoms with Crippen LogP contribution < -0.4 is 5.43 Å². The summed E-state index contributed by atoms with van der Waals surface area (Å²) in [5, 5.41) is 24.9. The van der Waals surface area contributed by atoms with Gasteiger partial charge in [-0.1, -0.05) is 12.1 Å². The molecule has 9 heteroatoms. The Morgan fingerprint density at radius 3 is 3.10 bits per heavy atom. The van der Waals surface area contributed by atoms with Gasteiger partial charge in [-0.3, -0.25) is 15.5 Å². The largest absolute Gasteiger partial charge is 0.270 e. The highest BCUT2D eigenvalue weighted by atomic mass is 32.2. The van der Waals surface area contributed by atoms with Gasteiger partial charge in [0.1, 0.15) is 21.7 Å². The summed E-state index contributed by atoms with van der Waals surface area (Å²) in [6, 6.07) is 8.17. The summed E-state index contributed by atoms with van der Waals surface area (Å²) in [5.41, 5.74) is 3.77. The van der Waals surface area contributed by atoms with Crippen LogP contribution in [0.5, 0.6) is 0 Å². The van der Waals surface area contributed by atoms with Crippen LogP contribution in [-0.2, 0) is 0 Å². The highest BCUT2D eigenvalue weighted by molar-refractivity contribution is 7.98. The van der Waals surface area contributed by atoms with Crippen LogP contribution in [0.25, 0.3) is 0 Å². The minimum Gasteiger partial charge on any atom is -0.266 e. The van der Waals surface area contributed by atoms with Crippen molar-refractivity contribution in [1.29, 1.82) is 5.26 Å². The molecule has 106 valence electrons. The lowest BCUT2D eigenvalue weighted by molar-refractivity contribution is -0.384. The Kier molecular flexibility index (Phi) is 4.86. The minimum absolute atomic E-state index is 0.000812. The first kappa shape index (κ1) is 15.0. The Labute approximate surface area is 128 Å². The van der Waals surface area contributed by atoms with Gasteiger partial charge in [-0.2, -0.15) is 14.7 Å². The summed E-state index contributed by atoms with van der Waals surface area (Å²) in [6.07, 6.45) is 3.29. The van der Waals surface area contributed by atoms with Crippen molar-refractivity contribution in [2.75, 3.05) is 11.7 Å². The minimum atomic E-state index is -0.466. The van der Waals surface area contributed by atoms with Crippen molar-refractivity contribution in [3.05, 3.63) is 45.5 Å². The van der Waals surface area contributed by atoms with E-state index in [-0.39, 0.29) is 5.69 Å². The summed E-state index contributed by atoms with van der Waals surface area (Å²) < 4.78 is 4.12. The molecule has 21 heavy (non-hydrogen) atoms. The molecule has 2 rings (SSSR count). The van der Waals surface area contributed by atoms with Crippen LogP contribution in [0.3, 0.4) is 0 Å². The molecule has 0 radical (unpaired) electrons. The third-order valence-electron chi connectivity index (χ3n) is 2.43.